The molecule has 0 saturated heterocycles. The van der Waals surface area contributed by atoms with Crippen molar-refractivity contribution in [3.8, 4) is 5.75 Å². The molecule has 1 aliphatic carbocycles. The summed E-state index contributed by atoms with van der Waals surface area (Å²) in [7, 11) is 1.67. The highest BCUT2D eigenvalue weighted by atomic mass is 19.1. The van der Waals surface area contributed by atoms with Crippen molar-refractivity contribution in [2.24, 2.45) is 5.92 Å². The number of aldehydes is 1. The van der Waals surface area contributed by atoms with Gasteiger partial charge < -0.3 is 4.74 Å². The van der Waals surface area contributed by atoms with Crippen LogP contribution in [-0.2, 0) is 4.79 Å². The molecule has 0 atom stereocenters. The number of halogens is 1. The number of aromatic nitrogens is 2. The molecule has 4 nitrogen and oxygen atoms in total. The van der Waals surface area contributed by atoms with Gasteiger partial charge in [-0.3, -0.25) is 9.89 Å². The van der Waals surface area contributed by atoms with Crippen molar-refractivity contribution >= 4 is 34.4 Å². The lowest BCUT2D eigenvalue weighted by Crippen LogP contribution is -2.15. The number of benzene rings is 3. The topological polar surface area (TPSA) is 55.0 Å². The molecule has 0 unspecified atom stereocenters. The number of nitrogens with one attached hydrogen (secondary N) is 1. The lowest BCUT2D eigenvalue weighted by atomic mass is 9.73. The summed E-state index contributed by atoms with van der Waals surface area (Å²) < 4.78 is 19.8. The first-order chi connectivity index (χ1) is 16.7. The van der Waals surface area contributed by atoms with E-state index in [-0.39, 0.29) is 0 Å². The van der Waals surface area contributed by atoms with Crippen molar-refractivity contribution in [1.82, 2.24) is 10.2 Å². The van der Waals surface area contributed by atoms with Gasteiger partial charge in [-0.25, -0.2) is 0 Å². The maximum Gasteiger partial charge on any atom is 0.216 e. The van der Waals surface area contributed by atoms with Crippen LogP contribution in [0.25, 0.3) is 28.1 Å². The fourth-order valence-electron chi connectivity index (χ4n) is 4.58. The molecule has 0 aliphatic heterocycles. The Labute approximate surface area is 197 Å². The number of H-pyrrole nitrogens is 1. The van der Waals surface area contributed by atoms with E-state index < -0.39 is 5.95 Å². The van der Waals surface area contributed by atoms with Gasteiger partial charge >= 0.3 is 0 Å². The highest BCUT2D eigenvalue weighted by molar-refractivity contribution is 6.01. The molecule has 1 aliphatic rings. The Morgan fingerprint density at radius 3 is 2.35 bits per heavy atom. The third kappa shape index (κ3) is 4.17. The molecular weight excluding hydrogens is 427 g/mol. The fourth-order valence-corrected chi connectivity index (χ4v) is 4.58. The van der Waals surface area contributed by atoms with Crippen LogP contribution >= 0.6 is 0 Å². The number of aromatic amines is 1. The van der Waals surface area contributed by atoms with Gasteiger partial charge in [0.25, 0.3) is 0 Å². The van der Waals surface area contributed by atoms with Crippen molar-refractivity contribution in [1.29, 1.82) is 0 Å². The zero-order valence-electron chi connectivity index (χ0n) is 18.9. The second-order valence-corrected chi connectivity index (χ2v) is 8.53. The summed E-state index contributed by atoms with van der Waals surface area (Å²) >= 11 is 0. The molecule has 0 spiro atoms. The Bertz CT molecular complexity index is 1380. The monoisotopic (exact) mass is 452 g/mol. The Morgan fingerprint density at radius 1 is 1.00 bits per heavy atom. The minimum Gasteiger partial charge on any atom is -0.497 e. The summed E-state index contributed by atoms with van der Waals surface area (Å²) in [6.07, 6.45) is 7.47. The van der Waals surface area contributed by atoms with Crippen LogP contribution in [0.3, 0.4) is 0 Å². The summed E-state index contributed by atoms with van der Waals surface area (Å²) in [5, 5.41) is 6.97. The third-order valence-electron chi connectivity index (χ3n) is 6.55. The van der Waals surface area contributed by atoms with Crippen molar-refractivity contribution in [3.05, 3.63) is 101 Å². The number of nitrogens with zero attached hydrogens (tertiary/aromatic N) is 1. The van der Waals surface area contributed by atoms with E-state index in [1.54, 1.807) is 13.2 Å². The van der Waals surface area contributed by atoms with Crippen LogP contribution in [0.2, 0.25) is 0 Å². The average molecular weight is 453 g/mol. The van der Waals surface area contributed by atoms with Crippen LogP contribution in [0.15, 0.2) is 72.8 Å². The van der Waals surface area contributed by atoms with Gasteiger partial charge in [-0.15, -0.1) is 0 Å². The van der Waals surface area contributed by atoms with Gasteiger partial charge in [-0.2, -0.15) is 9.49 Å². The standard InChI is InChI=1S/C29H25FN2O2/c1-34-24-14-11-22(12-15-24)27(20-5-2-6-20)28(21-9-7-19(8-10-21)4-3-17-33)23-13-16-26-25(18-23)29(30)32-31-26/h3-4,7-18,20H,2,5-6H2,1H3,(H,31,32)/b4-3+,28-27+. The molecule has 0 bridgehead atoms. The smallest absolute Gasteiger partial charge is 0.216 e. The molecule has 1 heterocycles. The molecule has 4 aromatic rings. The summed E-state index contributed by atoms with van der Waals surface area (Å²) in [6, 6.07) is 22.1. The number of ether oxygens (including phenoxy) is 1. The average Bonchev–Trinajstić information content (AvgIpc) is 3.22. The zero-order chi connectivity index (χ0) is 23.5. The van der Waals surface area contributed by atoms with Crippen LogP contribution in [-0.4, -0.2) is 23.6 Å². The van der Waals surface area contributed by atoms with Crippen molar-refractivity contribution in [2.45, 2.75) is 19.3 Å². The van der Waals surface area contributed by atoms with Gasteiger partial charge in [-0.05, 0) is 82.5 Å². The number of carbonyl (C=O) groups is 1. The number of fused-ring (bicyclic) bond motifs is 1. The summed E-state index contributed by atoms with van der Waals surface area (Å²) in [6.45, 7) is 0. The summed E-state index contributed by atoms with van der Waals surface area (Å²) in [5.41, 5.74) is 7.02. The zero-order valence-corrected chi connectivity index (χ0v) is 18.9. The minimum absolute atomic E-state index is 0.419. The molecule has 5 rings (SSSR count). The van der Waals surface area contributed by atoms with Gasteiger partial charge in [0.15, 0.2) is 0 Å². The largest absolute Gasteiger partial charge is 0.497 e. The highest BCUT2D eigenvalue weighted by Crippen LogP contribution is 2.45. The first-order valence-electron chi connectivity index (χ1n) is 11.4. The molecule has 5 heteroatoms. The number of hydrogen-bond acceptors (Lipinski definition) is 3. The second-order valence-electron chi connectivity index (χ2n) is 8.53. The number of hydrogen-bond donors (Lipinski definition) is 1. The number of methoxy groups -OCH3 is 1. The van der Waals surface area contributed by atoms with E-state index in [1.165, 1.54) is 18.1 Å². The van der Waals surface area contributed by atoms with Gasteiger partial charge in [0.2, 0.25) is 5.95 Å². The molecule has 1 fully saturated rings. The maximum absolute atomic E-state index is 14.4. The third-order valence-corrected chi connectivity index (χ3v) is 6.55. The normalized spacial score (nSPS) is 14.8. The van der Waals surface area contributed by atoms with E-state index in [4.69, 9.17) is 4.74 Å². The first-order valence-corrected chi connectivity index (χ1v) is 11.4. The van der Waals surface area contributed by atoms with Gasteiger partial charge in [0.05, 0.1) is 18.0 Å². The van der Waals surface area contributed by atoms with Gasteiger partial charge in [0, 0.05) is 0 Å². The van der Waals surface area contributed by atoms with Crippen molar-refractivity contribution in [2.75, 3.05) is 7.11 Å². The molecular formula is C29H25FN2O2. The highest BCUT2D eigenvalue weighted by Gasteiger charge is 2.27. The molecule has 0 radical (unpaired) electrons. The van der Waals surface area contributed by atoms with Crippen molar-refractivity contribution in [3.63, 3.8) is 0 Å². The summed E-state index contributed by atoms with van der Waals surface area (Å²) in [4.78, 5) is 10.7. The number of carbonyl (C=O) groups excluding carboxylic acids is 1. The molecule has 3 aromatic carbocycles. The molecule has 0 amide bonds. The molecule has 1 N–H and O–H groups in total. The Balaban J connectivity index is 1.74. The number of rotatable bonds is 7. The van der Waals surface area contributed by atoms with Gasteiger partial charge in [0.1, 0.15) is 12.0 Å². The van der Waals surface area contributed by atoms with Crippen LogP contribution < -0.4 is 4.74 Å². The van der Waals surface area contributed by atoms with E-state index in [9.17, 15) is 9.18 Å². The SMILES string of the molecule is COc1ccc(/C(=C(\c2ccc(/C=C/C=O)cc2)c2ccc3n[nH]c(F)c3c2)C2CCC2)cc1. The van der Waals surface area contributed by atoms with E-state index in [2.05, 4.69) is 34.5 Å². The minimum atomic E-state index is -0.430. The van der Waals surface area contributed by atoms with Crippen LogP contribution in [0.4, 0.5) is 4.39 Å². The fraction of sp³-hybridized carbons (Fsp3) is 0.172. The molecule has 1 aromatic heterocycles. The predicted molar refractivity (Wildman–Crippen MR) is 134 cm³/mol. The Morgan fingerprint density at radius 2 is 1.71 bits per heavy atom. The van der Waals surface area contributed by atoms with Crippen LogP contribution in [0.5, 0.6) is 5.75 Å². The van der Waals surface area contributed by atoms with E-state index in [0.717, 1.165) is 52.7 Å². The van der Waals surface area contributed by atoms with E-state index >= 15 is 0 Å². The summed E-state index contributed by atoms with van der Waals surface area (Å²) in [5.74, 6) is 0.801. The van der Waals surface area contributed by atoms with Gasteiger partial charge in [-0.1, -0.05) is 55.0 Å². The van der Waals surface area contributed by atoms with Crippen LogP contribution in [0, 0.1) is 11.9 Å². The second kappa shape index (κ2) is 9.48. The Kier molecular flexibility index (Phi) is 6.09. The van der Waals surface area contributed by atoms with Crippen molar-refractivity contribution < 1.29 is 13.9 Å². The number of allylic oxidation sites excluding steroid dienone is 2. The molecule has 170 valence electrons. The Hall–Kier alpha value is -3.99. The predicted octanol–water partition coefficient (Wildman–Crippen LogP) is 6.68. The quantitative estimate of drug-likeness (QED) is 0.193. The molecule has 1 saturated carbocycles. The van der Waals surface area contributed by atoms with E-state index in [0.29, 0.717) is 16.8 Å². The first kappa shape index (κ1) is 21.8. The van der Waals surface area contributed by atoms with Crippen LogP contribution in [0.1, 0.15) is 41.5 Å². The maximum atomic E-state index is 14.4. The lowest BCUT2D eigenvalue weighted by Gasteiger charge is -2.31. The lowest BCUT2D eigenvalue weighted by molar-refractivity contribution is -0.104. The van der Waals surface area contributed by atoms with E-state index in [1.807, 2.05) is 42.5 Å². The molecule has 34 heavy (non-hydrogen) atoms.